The van der Waals surface area contributed by atoms with Gasteiger partial charge in [0.15, 0.2) is 0 Å². The minimum absolute atomic E-state index is 0.258. The number of nitrogens with zero attached hydrogens (tertiary/aromatic N) is 2. The average molecular weight is 300 g/mol. The molecule has 0 radical (unpaired) electrons. The third-order valence-electron chi connectivity index (χ3n) is 3.67. The Labute approximate surface area is 121 Å². The Kier molecular flexibility index (Phi) is 5.17. The molecule has 0 bridgehead atoms. The van der Waals surface area contributed by atoms with Gasteiger partial charge in [0.25, 0.3) is 0 Å². The summed E-state index contributed by atoms with van der Waals surface area (Å²) in [7, 11) is -3.36. The van der Waals surface area contributed by atoms with Crippen molar-refractivity contribution in [2.45, 2.75) is 31.6 Å². The van der Waals surface area contributed by atoms with Gasteiger partial charge >= 0.3 is 0 Å². The lowest BCUT2D eigenvalue weighted by Gasteiger charge is -2.31. The highest BCUT2D eigenvalue weighted by atomic mass is 32.2. The van der Waals surface area contributed by atoms with Crippen LogP contribution in [0, 0.1) is 11.8 Å². The normalized spacial score (nSPS) is 18.8. The Bertz CT molecular complexity index is 490. The van der Waals surface area contributed by atoms with Gasteiger partial charge in [0.1, 0.15) is 4.90 Å². The van der Waals surface area contributed by atoms with E-state index in [-0.39, 0.29) is 4.90 Å². The van der Waals surface area contributed by atoms with Gasteiger partial charge in [-0.1, -0.05) is 13.8 Å². The molecule has 7 heteroatoms. The number of sulfonamides is 1. The maximum Gasteiger partial charge on any atom is 0.246 e. The second-order valence-electron chi connectivity index (χ2n) is 5.83. The molecule has 0 amide bonds. The quantitative estimate of drug-likeness (QED) is 0.823. The Balaban J connectivity index is 1.82. The summed E-state index contributed by atoms with van der Waals surface area (Å²) in [5.41, 5.74) is 0. The van der Waals surface area contributed by atoms with Gasteiger partial charge in [-0.15, -0.1) is 0 Å². The molecule has 2 rings (SSSR count). The zero-order valence-electron chi connectivity index (χ0n) is 12.2. The van der Waals surface area contributed by atoms with Crippen molar-refractivity contribution >= 4 is 10.0 Å². The Morgan fingerprint density at radius 3 is 2.70 bits per heavy atom. The molecule has 1 aliphatic rings. The van der Waals surface area contributed by atoms with Gasteiger partial charge in [0, 0.05) is 19.3 Å². The van der Waals surface area contributed by atoms with Gasteiger partial charge in [-0.25, -0.2) is 8.42 Å². The predicted molar refractivity (Wildman–Crippen MR) is 77.8 cm³/mol. The second-order valence-corrected chi connectivity index (χ2v) is 7.77. The first-order chi connectivity index (χ1) is 9.50. The molecule has 0 unspecified atom stereocenters. The van der Waals surface area contributed by atoms with Crippen LogP contribution in [-0.4, -0.2) is 49.1 Å². The van der Waals surface area contributed by atoms with Crippen LogP contribution >= 0.6 is 0 Å². The van der Waals surface area contributed by atoms with Gasteiger partial charge in [0.2, 0.25) is 10.0 Å². The van der Waals surface area contributed by atoms with Gasteiger partial charge < -0.3 is 5.32 Å². The third-order valence-corrected chi connectivity index (χ3v) is 5.53. The highest BCUT2D eigenvalue weighted by molar-refractivity contribution is 7.89. The van der Waals surface area contributed by atoms with Gasteiger partial charge in [0.05, 0.1) is 6.20 Å². The minimum atomic E-state index is -3.36. The van der Waals surface area contributed by atoms with Gasteiger partial charge in [-0.05, 0) is 37.8 Å². The largest absolute Gasteiger partial charge is 0.316 e. The topological polar surface area (TPSA) is 78.1 Å². The molecule has 2 N–H and O–H groups in total. The first-order valence-corrected chi connectivity index (χ1v) is 8.64. The molecular formula is C13H24N4O2S. The molecule has 1 saturated heterocycles. The van der Waals surface area contributed by atoms with E-state index in [2.05, 4.69) is 29.4 Å². The van der Waals surface area contributed by atoms with E-state index in [1.807, 2.05) is 0 Å². The summed E-state index contributed by atoms with van der Waals surface area (Å²) >= 11 is 0. The van der Waals surface area contributed by atoms with Crippen molar-refractivity contribution in [2.24, 2.45) is 11.8 Å². The van der Waals surface area contributed by atoms with E-state index >= 15 is 0 Å². The number of H-pyrrole nitrogens is 1. The van der Waals surface area contributed by atoms with Crippen molar-refractivity contribution in [3.05, 3.63) is 12.4 Å². The summed E-state index contributed by atoms with van der Waals surface area (Å²) in [6.45, 7) is 7.58. The number of rotatable bonds is 6. The maximum atomic E-state index is 12.3. The lowest BCUT2D eigenvalue weighted by atomic mass is 9.98. The first kappa shape index (κ1) is 15.5. The SMILES string of the molecule is CC(C)CNCC1CCN(S(=O)(=O)c2cn[nH]c2)CC1. The molecule has 0 atom stereocenters. The molecule has 114 valence electrons. The number of hydrogen-bond acceptors (Lipinski definition) is 4. The van der Waals surface area contributed by atoms with Crippen LogP contribution in [0.3, 0.4) is 0 Å². The molecule has 0 saturated carbocycles. The lowest BCUT2D eigenvalue weighted by Crippen LogP contribution is -2.41. The van der Waals surface area contributed by atoms with Crippen LogP contribution in [0.1, 0.15) is 26.7 Å². The fraction of sp³-hybridized carbons (Fsp3) is 0.769. The minimum Gasteiger partial charge on any atom is -0.316 e. The zero-order chi connectivity index (χ0) is 14.6. The molecular weight excluding hydrogens is 276 g/mol. The number of piperidine rings is 1. The molecule has 1 aromatic rings. The Hall–Kier alpha value is -0.920. The molecule has 1 aromatic heterocycles. The summed E-state index contributed by atoms with van der Waals surface area (Å²) in [5, 5.41) is 9.72. The fourth-order valence-electron chi connectivity index (χ4n) is 2.46. The van der Waals surface area contributed by atoms with Crippen molar-refractivity contribution in [1.29, 1.82) is 0 Å². The summed E-state index contributed by atoms with van der Waals surface area (Å²) < 4.78 is 26.2. The third kappa shape index (κ3) is 3.80. The van der Waals surface area contributed by atoms with E-state index in [1.165, 1.54) is 12.4 Å². The summed E-state index contributed by atoms with van der Waals surface area (Å²) in [4.78, 5) is 0.258. The Morgan fingerprint density at radius 1 is 1.45 bits per heavy atom. The molecule has 0 aliphatic carbocycles. The molecule has 6 nitrogen and oxygen atoms in total. The number of hydrogen-bond donors (Lipinski definition) is 2. The first-order valence-electron chi connectivity index (χ1n) is 7.20. The van der Waals surface area contributed by atoms with Crippen molar-refractivity contribution in [2.75, 3.05) is 26.2 Å². The molecule has 2 heterocycles. The van der Waals surface area contributed by atoms with Crippen LogP contribution in [0.2, 0.25) is 0 Å². The molecule has 1 aliphatic heterocycles. The average Bonchev–Trinajstić information content (AvgIpc) is 2.93. The van der Waals surface area contributed by atoms with E-state index in [0.717, 1.165) is 25.9 Å². The molecule has 0 spiro atoms. The van der Waals surface area contributed by atoms with Crippen LogP contribution in [0.5, 0.6) is 0 Å². The van der Waals surface area contributed by atoms with E-state index in [4.69, 9.17) is 0 Å². The highest BCUT2D eigenvalue weighted by Gasteiger charge is 2.29. The van der Waals surface area contributed by atoms with E-state index in [9.17, 15) is 8.42 Å². The van der Waals surface area contributed by atoms with Crippen molar-refractivity contribution in [3.8, 4) is 0 Å². The summed E-state index contributed by atoms with van der Waals surface area (Å²) in [5.74, 6) is 1.22. The van der Waals surface area contributed by atoms with E-state index in [1.54, 1.807) is 4.31 Å². The number of aromatic amines is 1. The molecule has 1 fully saturated rings. The standard InChI is InChI=1S/C13H24N4O2S/c1-11(2)7-14-8-12-3-5-17(6-4-12)20(18,19)13-9-15-16-10-13/h9-12,14H,3-8H2,1-2H3,(H,15,16). The van der Waals surface area contributed by atoms with Crippen molar-refractivity contribution in [3.63, 3.8) is 0 Å². The summed E-state index contributed by atoms with van der Waals surface area (Å²) in [6, 6.07) is 0. The van der Waals surface area contributed by atoms with Crippen LogP contribution in [-0.2, 0) is 10.0 Å². The van der Waals surface area contributed by atoms with Gasteiger partial charge in [-0.3, -0.25) is 5.10 Å². The summed E-state index contributed by atoms with van der Waals surface area (Å²) in [6.07, 6.45) is 4.64. The van der Waals surface area contributed by atoms with E-state index < -0.39 is 10.0 Å². The predicted octanol–water partition coefficient (Wildman–Crippen LogP) is 1.06. The van der Waals surface area contributed by atoms with Crippen LogP contribution < -0.4 is 5.32 Å². The lowest BCUT2D eigenvalue weighted by molar-refractivity contribution is 0.265. The van der Waals surface area contributed by atoms with E-state index in [0.29, 0.717) is 24.9 Å². The number of nitrogens with one attached hydrogen (secondary N) is 2. The van der Waals surface area contributed by atoms with Crippen molar-refractivity contribution < 1.29 is 8.42 Å². The molecule has 0 aromatic carbocycles. The van der Waals surface area contributed by atoms with Gasteiger partial charge in [-0.2, -0.15) is 9.40 Å². The number of aromatic nitrogens is 2. The van der Waals surface area contributed by atoms with Crippen LogP contribution in [0.15, 0.2) is 17.3 Å². The second kappa shape index (κ2) is 6.69. The van der Waals surface area contributed by atoms with Crippen LogP contribution in [0.4, 0.5) is 0 Å². The smallest absolute Gasteiger partial charge is 0.246 e. The zero-order valence-corrected chi connectivity index (χ0v) is 13.0. The van der Waals surface area contributed by atoms with Crippen molar-refractivity contribution in [1.82, 2.24) is 19.8 Å². The Morgan fingerprint density at radius 2 is 2.15 bits per heavy atom. The fourth-order valence-corrected chi connectivity index (χ4v) is 3.84. The molecule has 20 heavy (non-hydrogen) atoms. The highest BCUT2D eigenvalue weighted by Crippen LogP contribution is 2.22. The van der Waals surface area contributed by atoms with Crippen LogP contribution in [0.25, 0.3) is 0 Å². The maximum absolute atomic E-state index is 12.3. The monoisotopic (exact) mass is 300 g/mol.